The second-order valence-corrected chi connectivity index (χ2v) is 7.36. The van der Waals surface area contributed by atoms with Crippen molar-refractivity contribution in [1.82, 2.24) is 14.9 Å². The summed E-state index contributed by atoms with van der Waals surface area (Å²) in [4.78, 5) is 4.16. The predicted molar refractivity (Wildman–Crippen MR) is 90.2 cm³/mol. The Hall–Kier alpha value is -1.93. The molecule has 6 nitrogen and oxygen atoms in total. The Kier molecular flexibility index (Phi) is 4.86. The fourth-order valence-corrected chi connectivity index (χ4v) is 3.28. The molecular weight excluding hydrogens is 373 g/mol. The molecule has 1 N–H and O–H groups in total. The Balaban J connectivity index is 1.73. The highest BCUT2D eigenvalue weighted by Gasteiger charge is 2.17. The zero-order valence-electron chi connectivity index (χ0n) is 12.1. The maximum absolute atomic E-state index is 12.2. The van der Waals surface area contributed by atoms with Crippen LogP contribution < -0.4 is 4.72 Å². The molecule has 0 saturated heterocycles. The van der Waals surface area contributed by atoms with Crippen molar-refractivity contribution in [2.24, 2.45) is 0 Å². The van der Waals surface area contributed by atoms with Crippen molar-refractivity contribution in [2.45, 2.75) is 11.4 Å². The highest BCUT2D eigenvalue weighted by atomic mass is 35.5. The van der Waals surface area contributed by atoms with Crippen molar-refractivity contribution in [3.8, 4) is 11.4 Å². The molecule has 0 aliphatic rings. The van der Waals surface area contributed by atoms with E-state index in [-0.39, 0.29) is 27.4 Å². The lowest BCUT2D eigenvalue weighted by molar-refractivity contribution is 0.376. The average molecular weight is 384 g/mol. The van der Waals surface area contributed by atoms with Crippen LogP contribution in [0.1, 0.15) is 5.89 Å². The van der Waals surface area contributed by atoms with E-state index in [0.29, 0.717) is 5.82 Å². The summed E-state index contributed by atoms with van der Waals surface area (Å²) in [5, 5.41) is 4.26. The highest BCUT2D eigenvalue weighted by molar-refractivity contribution is 7.89. The van der Waals surface area contributed by atoms with Gasteiger partial charge >= 0.3 is 0 Å². The summed E-state index contributed by atoms with van der Waals surface area (Å²) >= 11 is 11.6. The fraction of sp³-hybridized carbons (Fsp3) is 0.0667. The molecule has 124 valence electrons. The maximum atomic E-state index is 12.2. The maximum Gasteiger partial charge on any atom is 0.242 e. The smallest absolute Gasteiger partial charge is 0.242 e. The number of rotatable bonds is 5. The van der Waals surface area contributed by atoms with Gasteiger partial charge in [0, 0.05) is 5.56 Å². The summed E-state index contributed by atoms with van der Waals surface area (Å²) in [6, 6.07) is 13.3. The molecule has 1 aromatic heterocycles. The first-order valence-electron chi connectivity index (χ1n) is 6.78. The summed E-state index contributed by atoms with van der Waals surface area (Å²) in [7, 11) is -3.77. The first kappa shape index (κ1) is 16.9. The molecule has 3 aromatic rings. The van der Waals surface area contributed by atoms with E-state index >= 15 is 0 Å². The number of nitrogens with one attached hydrogen (secondary N) is 1. The second kappa shape index (κ2) is 6.90. The Morgan fingerprint density at radius 2 is 1.79 bits per heavy atom. The molecule has 0 saturated carbocycles. The van der Waals surface area contributed by atoms with Gasteiger partial charge in [-0.05, 0) is 18.2 Å². The van der Waals surface area contributed by atoms with Gasteiger partial charge in [0.05, 0.1) is 21.5 Å². The van der Waals surface area contributed by atoms with Crippen molar-refractivity contribution in [2.75, 3.05) is 0 Å². The second-order valence-electron chi connectivity index (χ2n) is 4.78. The molecule has 0 radical (unpaired) electrons. The molecule has 3 rings (SSSR count). The molecule has 9 heteroatoms. The van der Waals surface area contributed by atoms with Gasteiger partial charge in [-0.25, -0.2) is 13.1 Å². The highest BCUT2D eigenvalue weighted by Crippen LogP contribution is 2.24. The minimum Gasteiger partial charge on any atom is -0.338 e. The van der Waals surface area contributed by atoms with Gasteiger partial charge in [-0.3, -0.25) is 0 Å². The van der Waals surface area contributed by atoms with Gasteiger partial charge in [-0.2, -0.15) is 4.98 Å². The van der Waals surface area contributed by atoms with E-state index in [2.05, 4.69) is 14.9 Å². The molecule has 0 fully saturated rings. The number of benzene rings is 2. The Bertz CT molecular complexity index is 959. The van der Waals surface area contributed by atoms with Gasteiger partial charge in [0.15, 0.2) is 0 Å². The molecule has 1 heterocycles. The number of hydrogen-bond donors (Lipinski definition) is 1. The summed E-state index contributed by atoms with van der Waals surface area (Å²) in [6.07, 6.45) is 0. The van der Waals surface area contributed by atoms with Gasteiger partial charge in [-0.15, -0.1) is 0 Å². The van der Waals surface area contributed by atoms with Crippen LogP contribution >= 0.6 is 23.2 Å². The number of sulfonamides is 1. The number of nitrogens with zero attached hydrogens (tertiary/aromatic N) is 2. The molecule has 0 bridgehead atoms. The quantitative estimate of drug-likeness (QED) is 0.728. The van der Waals surface area contributed by atoms with Crippen LogP contribution in [0.3, 0.4) is 0 Å². The molecule has 0 amide bonds. The summed E-state index contributed by atoms with van der Waals surface area (Å²) in [5.41, 5.74) is 0.778. The third-order valence-electron chi connectivity index (χ3n) is 3.11. The molecule has 24 heavy (non-hydrogen) atoms. The molecule has 0 spiro atoms. The van der Waals surface area contributed by atoms with Gasteiger partial charge in [0.25, 0.3) is 0 Å². The van der Waals surface area contributed by atoms with Gasteiger partial charge < -0.3 is 4.52 Å². The Morgan fingerprint density at radius 1 is 1.04 bits per heavy atom. The summed E-state index contributed by atoms with van der Waals surface area (Å²) in [5.74, 6) is 0.539. The number of hydrogen-bond acceptors (Lipinski definition) is 5. The fourth-order valence-electron chi connectivity index (χ4n) is 1.92. The molecule has 2 aromatic carbocycles. The van der Waals surface area contributed by atoms with E-state index in [0.717, 1.165) is 5.56 Å². The van der Waals surface area contributed by atoms with Crippen LogP contribution in [0.2, 0.25) is 10.0 Å². The lowest BCUT2D eigenvalue weighted by atomic mass is 10.2. The Morgan fingerprint density at radius 3 is 2.50 bits per heavy atom. The van der Waals surface area contributed by atoms with Crippen molar-refractivity contribution in [3.63, 3.8) is 0 Å². The van der Waals surface area contributed by atoms with Crippen LogP contribution in [0.25, 0.3) is 11.4 Å². The molecule has 0 unspecified atom stereocenters. The van der Waals surface area contributed by atoms with Gasteiger partial charge in [0.2, 0.25) is 21.7 Å². The van der Waals surface area contributed by atoms with Gasteiger partial charge in [0.1, 0.15) is 0 Å². The zero-order chi connectivity index (χ0) is 17.2. The summed E-state index contributed by atoms with van der Waals surface area (Å²) in [6.45, 7) is -0.136. The Labute approximate surface area is 148 Å². The monoisotopic (exact) mass is 383 g/mol. The van der Waals surface area contributed by atoms with Crippen molar-refractivity contribution in [1.29, 1.82) is 0 Å². The third kappa shape index (κ3) is 3.76. The average Bonchev–Trinajstić information content (AvgIpc) is 3.05. The van der Waals surface area contributed by atoms with E-state index in [1.807, 2.05) is 30.3 Å². The van der Waals surface area contributed by atoms with Crippen LogP contribution in [0, 0.1) is 0 Å². The molecular formula is C15H11Cl2N3O3S. The van der Waals surface area contributed by atoms with E-state index < -0.39 is 10.0 Å². The van der Waals surface area contributed by atoms with Crippen LogP contribution in [-0.2, 0) is 16.6 Å². The predicted octanol–water partition coefficient (Wildman–Crippen LogP) is 3.52. The molecule has 0 aliphatic carbocycles. The largest absolute Gasteiger partial charge is 0.338 e. The van der Waals surface area contributed by atoms with E-state index in [1.54, 1.807) is 0 Å². The lowest BCUT2D eigenvalue weighted by Gasteiger charge is -2.05. The van der Waals surface area contributed by atoms with Crippen LogP contribution in [0.15, 0.2) is 57.9 Å². The zero-order valence-corrected chi connectivity index (χ0v) is 14.4. The van der Waals surface area contributed by atoms with E-state index in [9.17, 15) is 8.42 Å². The first-order chi connectivity index (χ1) is 11.5. The topological polar surface area (TPSA) is 85.1 Å². The van der Waals surface area contributed by atoms with E-state index in [1.165, 1.54) is 18.2 Å². The van der Waals surface area contributed by atoms with Crippen LogP contribution in [-0.4, -0.2) is 18.6 Å². The number of halogens is 2. The third-order valence-corrected chi connectivity index (χ3v) is 5.25. The van der Waals surface area contributed by atoms with Crippen molar-refractivity contribution in [3.05, 3.63) is 64.5 Å². The van der Waals surface area contributed by atoms with Crippen LogP contribution in [0.5, 0.6) is 0 Å². The number of aromatic nitrogens is 2. The lowest BCUT2D eigenvalue weighted by Crippen LogP contribution is -2.23. The van der Waals surface area contributed by atoms with Crippen molar-refractivity contribution >= 4 is 33.2 Å². The molecule has 0 atom stereocenters. The SMILES string of the molecule is O=S(=O)(NCc1nc(-c2ccccc2)no1)c1ccc(Cl)c(Cl)c1. The first-order valence-corrected chi connectivity index (χ1v) is 9.02. The normalized spacial score (nSPS) is 11.6. The van der Waals surface area contributed by atoms with Crippen molar-refractivity contribution < 1.29 is 12.9 Å². The van der Waals surface area contributed by atoms with Gasteiger partial charge in [-0.1, -0.05) is 58.7 Å². The standard InChI is InChI=1S/C15H11Cl2N3O3S/c16-12-7-6-11(8-13(12)17)24(21,22)18-9-14-19-15(20-23-14)10-4-2-1-3-5-10/h1-8,18H,9H2. The summed E-state index contributed by atoms with van der Waals surface area (Å²) < 4.78 is 31.9. The van der Waals surface area contributed by atoms with E-state index in [4.69, 9.17) is 27.7 Å². The van der Waals surface area contributed by atoms with Crippen LogP contribution in [0.4, 0.5) is 0 Å². The molecule has 0 aliphatic heterocycles. The minimum atomic E-state index is -3.77. The minimum absolute atomic E-state index is 0.000279.